The van der Waals surface area contributed by atoms with Gasteiger partial charge in [-0.2, -0.15) is 11.8 Å². The molecule has 2 bridgehead atoms. The summed E-state index contributed by atoms with van der Waals surface area (Å²) in [5.41, 5.74) is 0. The van der Waals surface area contributed by atoms with Crippen LogP contribution < -0.4 is 0 Å². The highest BCUT2D eigenvalue weighted by atomic mass is 32.2. The molecule has 0 saturated carbocycles. The molecule has 2 unspecified atom stereocenters. The molecule has 14 heavy (non-hydrogen) atoms. The third kappa shape index (κ3) is 1.67. The van der Waals surface area contributed by atoms with Crippen molar-refractivity contribution in [3.05, 3.63) is 0 Å². The largest absolute Gasteiger partial charge is 0.337 e. The predicted molar refractivity (Wildman–Crippen MR) is 60.5 cm³/mol. The van der Waals surface area contributed by atoms with Crippen LogP contribution in [0.25, 0.3) is 0 Å². The number of carbonyl (C=O) groups excluding carboxylic acids is 1. The van der Waals surface area contributed by atoms with Gasteiger partial charge in [-0.25, -0.2) is 0 Å². The SMILES string of the molecule is CCC(=O)N1C2CCC1CC(SC)C2. The molecule has 2 fully saturated rings. The molecule has 2 heterocycles. The van der Waals surface area contributed by atoms with E-state index >= 15 is 0 Å². The van der Waals surface area contributed by atoms with Gasteiger partial charge in [0.25, 0.3) is 0 Å². The lowest BCUT2D eigenvalue weighted by Crippen LogP contribution is -2.47. The fourth-order valence-electron chi connectivity index (χ4n) is 2.91. The summed E-state index contributed by atoms with van der Waals surface area (Å²) in [6.07, 6.45) is 7.81. The number of carbonyl (C=O) groups is 1. The zero-order chi connectivity index (χ0) is 10.1. The highest BCUT2D eigenvalue weighted by Crippen LogP contribution is 2.39. The van der Waals surface area contributed by atoms with E-state index in [2.05, 4.69) is 11.2 Å². The molecule has 2 nitrogen and oxygen atoms in total. The fraction of sp³-hybridized carbons (Fsp3) is 0.909. The Bertz CT molecular complexity index is 217. The molecule has 0 spiro atoms. The molecule has 80 valence electrons. The second-order valence-electron chi connectivity index (χ2n) is 4.37. The summed E-state index contributed by atoms with van der Waals surface area (Å²) in [6, 6.07) is 1.14. The van der Waals surface area contributed by atoms with E-state index in [-0.39, 0.29) is 0 Å². The van der Waals surface area contributed by atoms with Crippen molar-refractivity contribution in [3.8, 4) is 0 Å². The van der Waals surface area contributed by atoms with Crippen LogP contribution in [0.4, 0.5) is 0 Å². The van der Waals surface area contributed by atoms with Crippen LogP contribution in [0.5, 0.6) is 0 Å². The molecule has 0 radical (unpaired) electrons. The molecule has 0 N–H and O–H groups in total. The minimum absolute atomic E-state index is 0.372. The van der Waals surface area contributed by atoms with Crippen molar-refractivity contribution in [1.82, 2.24) is 4.90 Å². The van der Waals surface area contributed by atoms with Gasteiger partial charge in [0.05, 0.1) is 0 Å². The van der Waals surface area contributed by atoms with Crippen LogP contribution in [0.1, 0.15) is 39.0 Å². The minimum Gasteiger partial charge on any atom is -0.337 e. The van der Waals surface area contributed by atoms with Crippen molar-refractivity contribution in [3.63, 3.8) is 0 Å². The van der Waals surface area contributed by atoms with Crippen LogP contribution in [0.2, 0.25) is 0 Å². The van der Waals surface area contributed by atoms with Gasteiger partial charge in [-0.05, 0) is 31.9 Å². The van der Waals surface area contributed by atoms with E-state index in [1.807, 2.05) is 18.7 Å². The van der Waals surface area contributed by atoms with Crippen LogP contribution in [0.3, 0.4) is 0 Å². The summed E-state index contributed by atoms with van der Waals surface area (Å²) >= 11 is 1.98. The molecule has 0 aromatic carbocycles. The molecule has 2 atom stereocenters. The lowest BCUT2D eigenvalue weighted by molar-refractivity contribution is -0.135. The summed E-state index contributed by atoms with van der Waals surface area (Å²) in [5, 5.41) is 0.799. The van der Waals surface area contributed by atoms with Crippen LogP contribution >= 0.6 is 11.8 Å². The van der Waals surface area contributed by atoms with Crippen molar-refractivity contribution in [2.75, 3.05) is 6.26 Å². The van der Waals surface area contributed by atoms with Gasteiger partial charge in [-0.1, -0.05) is 6.92 Å². The molecule has 3 heteroatoms. The number of hydrogen-bond donors (Lipinski definition) is 0. The third-order valence-electron chi connectivity index (χ3n) is 3.61. The first kappa shape index (κ1) is 10.3. The maximum Gasteiger partial charge on any atom is 0.222 e. The van der Waals surface area contributed by atoms with Gasteiger partial charge < -0.3 is 4.90 Å². The van der Waals surface area contributed by atoms with Crippen LogP contribution in [0.15, 0.2) is 0 Å². The first-order valence-corrected chi connectivity index (χ1v) is 6.89. The van der Waals surface area contributed by atoms with Gasteiger partial charge in [0.2, 0.25) is 5.91 Å². The summed E-state index contributed by atoms with van der Waals surface area (Å²) in [6.45, 7) is 1.97. The van der Waals surface area contributed by atoms with E-state index in [1.165, 1.54) is 25.7 Å². The van der Waals surface area contributed by atoms with Gasteiger partial charge in [-0.15, -0.1) is 0 Å². The second kappa shape index (κ2) is 4.13. The van der Waals surface area contributed by atoms with Crippen molar-refractivity contribution in [2.45, 2.75) is 56.4 Å². The molecule has 2 saturated heterocycles. The van der Waals surface area contributed by atoms with Crippen LogP contribution in [-0.2, 0) is 4.79 Å². The molecule has 2 aliphatic rings. The van der Waals surface area contributed by atoms with E-state index in [0.717, 1.165) is 5.25 Å². The highest BCUT2D eigenvalue weighted by Gasteiger charge is 2.42. The van der Waals surface area contributed by atoms with E-state index in [4.69, 9.17) is 0 Å². The van der Waals surface area contributed by atoms with E-state index in [1.54, 1.807) is 0 Å². The normalized spacial score (nSPS) is 36.1. The number of rotatable bonds is 2. The van der Waals surface area contributed by atoms with Crippen LogP contribution in [0, 0.1) is 0 Å². The number of piperidine rings is 1. The van der Waals surface area contributed by atoms with E-state index in [0.29, 0.717) is 24.4 Å². The first-order valence-electron chi connectivity index (χ1n) is 5.60. The topological polar surface area (TPSA) is 20.3 Å². The third-order valence-corrected chi connectivity index (χ3v) is 4.67. The number of amides is 1. The maximum absolute atomic E-state index is 11.7. The smallest absolute Gasteiger partial charge is 0.222 e. The van der Waals surface area contributed by atoms with E-state index < -0.39 is 0 Å². The molecule has 0 aromatic rings. The van der Waals surface area contributed by atoms with Gasteiger partial charge in [0, 0.05) is 23.8 Å². The Morgan fingerprint density at radius 2 is 1.93 bits per heavy atom. The van der Waals surface area contributed by atoms with Gasteiger partial charge >= 0.3 is 0 Å². The summed E-state index contributed by atoms with van der Waals surface area (Å²) in [4.78, 5) is 13.9. The van der Waals surface area contributed by atoms with Gasteiger partial charge in [-0.3, -0.25) is 4.79 Å². The zero-order valence-electron chi connectivity index (χ0n) is 9.03. The Balaban J connectivity index is 2.06. The molecule has 0 aromatic heterocycles. The molecule has 2 rings (SSSR count). The minimum atomic E-state index is 0.372. The fourth-order valence-corrected chi connectivity index (χ4v) is 3.74. The number of nitrogens with zero attached hydrogens (tertiary/aromatic N) is 1. The number of thioether (sulfide) groups is 1. The molecule has 2 aliphatic heterocycles. The van der Waals surface area contributed by atoms with Crippen molar-refractivity contribution < 1.29 is 4.79 Å². The molecular weight excluding hydrogens is 194 g/mol. The Morgan fingerprint density at radius 3 is 2.36 bits per heavy atom. The Morgan fingerprint density at radius 1 is 1.36 bits per heavy atom. The Labute approximate surface area is 90.4 Å². The average molecular weight is 213 g/mol. The summed E-state index contributed by atoms with van der Waals surface area (Å²) in [5.74, 6) is 0.372. The molecule has 1 amide bonds. The maximum atomic E-state index is 11.7. The predicted octanol–water partition coefficient (Wildman–Crippen LogP) is 2.28. The van der Waals surface area contributed by atoms with Gasteiger partial charge in [0.1, 0.15) is 0 Å². The molecular formula is C11H19NOS. The quantitative estimate of drug-likeness (QED) is 0.701. The zero-order valence-corrected chi connectivity index (χ0v) is 9.85. The average Bonchev–Trinajstić information content (AvgIpc) is 2.48. The standard InChI is InChI=1S/C11H19NOS/c1-3-11(13)12-8-4-5-9(12)7-10(6-8)14-2/h8-10H,3-7H2,1-2H3. The number of fused-ring (bicyclic) bond motifs is 2. The Hall–Kier alpha value is -0.180. The summed E-state index contributed by atoms with van der Waals surface area (Å²) < 4.78 is 0. The number of hydrogen-bond acceptors (Lipinski definition) is 2. The Kier molecular flexibility index (Phi) is 3.05. The monoisotopic (exact) mass is 213 g/mol. The lowest BCUT2D eigenvalue weighted by atomic mass is 10.0. The van der Waals surface area contributed by atoms with Crippen molar-refractivity contribution >= 4 is 17.7 Å². The first-order chi connectivity index (χ1) is 6.76. The molecule has 0 aliphatic carbocycles. The van der Waals surface area contributed by atoms with Crippen molar-refractivity contribution in [1.29, 1.82) is 0 Å². The van der Waals surface area contributed by atoms with Crippen LogP contribution in [-0.4, -0.2) is 34.4 Å². The second-order valence-corrected chi connectivity index (χ2v) is 5.51. The van der Waals surface area contributed by atoms with E-state index in [9.17, 15) is 4.79 Å². The van der Waals surface area contributed by atoms with Gasteiger partial charge in [0.15, 0.2) is 0 Å². The lowest BCUT2D eigenvalue weighted by Gasteiger charge is -2.38. The summed E-state index contributed by atoms with van der Waals surface area (Å²) in [7, 11) is 0. The highest BCUT2D eigenvalue weighted by molar-refractivity contribution is 7.99. The van der Waals surface area contributed by atoms with Crippen molar-refractivity contribution in [2.24, 2.45) is 0 Å².